The molecule has 0 saturated heterocycles. The Morgan fingerprint density at radius 2 is 1.92 bits per heavy atom. The molecule has 3 nitrogen and oxygen atoms in total. The summed E-state index contributed by atoms with van der Waals surface area (Å²) in [5.41, 5.74) is 6.00. The van der Waals surface area contributed by atoms with E-state index in [1.807, 2.05) is 7.05 Å². The zero-order valence-corrected chi connectivity index (χ0v) is 9.33. The topological polar surface area (TPSA) is 49.5 Å². The summed E-state index contributed by atoms with van der Waals surface area (Å²) in [6.07, 6.45) is 0.968. The molecule has 13 heavy (non-hydrogen) atoms. The first-order chi connectivity index (χ1) is 6.02. The van der Waals surface area contributed by atoms with E-state index in [-0.39, 0.29) is 18.7 Å². The highest BCUT2D eigenvalue weighted by atomic mass is 16.3. The third kappa shape index (κ3) is 4.60. The summed E-state index contributed by atoms with van der Waals surface area (Å²) in [5.74, 6) is 0.592. The van der Waals surface area contributed by atoms with E-state index in [2.05, 4.69) is 25.7 Å². The minimum atomic E-state index is 0.0787. The molecule has 2 atom stereocenters. The fraction of sp³-hybridized carbons (Fsp3) is 1.00. The van der Waals surface area contributed by atoms with Gasteiger partial charge in [-0.15, -0.1) is 0 Å². The molecule has 0 aliphatic heterocycles. The van der Waals surface area contributed by atoms with Crippen LogP contribution in [0.25, 0.3) is 0 Å². The standard InChI is InChI=1S/C10H24N2O/c1-5-12(4)10(7-13)9(11)6-8(2)3/h8-10,13H,5-7,11H2,1-4H3. The number of hydrogen-bond donors (Lipinski definition) is 2. The second-order valence-electron chi connectivity index (χ2n) is 4.12. The van der Waals surface area contributed by atoms with E-state index in [1.165, 1.54) is 0 Å². The molecule has 0 aromatic rings. The summed E-state index contributed by atoms with van der Waals surface area (Å²) in [4.78, 5) is 2.10. The van der Waals surface area contributed by atoms with Gasteiger partial charge in [-0.3, -0.25) is 4.90 Å². The molecule has 0 rings (SSSR count). The van der Waals surface area contributed by atoms with Crippen molar-refractivity contribution in [2.24, 2.45) is 11.7 Å². The Kier molecular flexibility index (Phi) is 6.29. The number of aliphatic hydroxyl groups is 1. The Balaban J connectivity index is 4.06. The van der Waals surface area contributed by atoms with Crippen LogP contribution >= 0.6 is 0 Å². The fourth-order valence-corrected chi connectivity index (χ4v) is 1.54. The molecule has 0 aromatic heterocycles. The van der Waals surface area contributed by atoms with Gasteiger partial charge in [-0.1, -0.05) is 20.8 Å². The third-order valence-corrected chi connectivity index (χ3v) is 2.49. The van der Waals surface area contributed by atoms with Gasteiger partial charge in [-0.25, -0.2) is 0 Å². The van der Waals surface area contributed by atoms with Crippen LogP contribution in [0.15, 0.2) is 0 Å². The maximum Gasteiger partial charge on any atom is 0.0601 e. The van der Waals surface area contributed by atoms with Crippen LogP contribution in [-0.4, -0.2) is 42.3 Å². The molecule has 0 spiro atoms. The largest absolute Gasteiger partial charge is 0.395 e. The Labute approximate surface area is 81.9 Å². The Bertz CT molecular complexity index is 128. The Morgan fingerprint density at radius 3 is 2.23 bits per heavy atom. The van der Waals surface area contributed by atoms with Crippen LogP contribution < -0.4 is 5.73 Å². The highest BCUT2D eigenvalue weighted by Gasteiger charge is 2.20. The summed E-state index contributed by atoms with van der Waals surface area (Å²) < 4.78 is 0. The van der Waals surface area contributed by atoms with E-state index >= 15 is 0 Å². The van der Waals surface area contributed by atoms with Crippen LogP contribution in [-0.2, 0) is 0 Å². The average Bonchev–Trinajstić information content (AvgIpc) is 2.03. The molecule has 80 valence electrons. The predicted octanol–water partition coefficient (Wildman–Crippen LogP) is 0.672. The van der Waals surface area contributed by atoms with E-state index in [0.717, 1.165) is 13.0 Å². The molecule has 0 aliphatic rings. The van der Waals surface area contributed by atoms with Crippen molar-refractivity contribution in [2.45, 2.75) is 39.3 Å². The van der Waals surface area contributed by atoms with Crippen molar-refractivity contribution in [2.75, 3.05) is 20.2 Å². The minimum Gasteiger partial charge on any atom is -0.395 e. The lowest BCUT2D eigenvalue weighted by molar-refractivity contribution is 0.124. The zero-order valence-electron chi connectivity index (χ0n) is 9.33. The SMILES string of the molecule is CCN(C)C(CO)C(N)CC(C)C. The second kappa shape index (κ2) is 6.35. The number of nitrogens with two attached hydrogens (primary N) is 1. The summed E-state index contributed by atoms with van der Waals surface area (Å²) >= 11 is 0. The van der Waals surface area contributed by atoms with Crippen molar-refractivity contribution < 1.29 is 5.11 Å². The Morgan fingerprint density at radius 1 is 1.38 bits per heavy atom. The van der Waals surface area contributed by atoms with Gasteiger partial charge >= 0.3 is 0 Å². The maximum atomic E-state index is 9.19. The number of hydrogen-bond acceptors (Lipinski definition) is 3. The van der Waals surface area contributed by atoms with Crippen molar-refractivity contribution in [3.05, 3.63) is 0 Å². The van der Waals surface area contributed by atoms with Crippen molar-refractivity contribution in [3.63, 3.8) is 0 Å². The van der Waals surface area contributed by atoms with Crippen molar-refractivity contribution in [3.8, 4) is 0 Å². The first-order valence-corrected chi connectivity index (χ1v) is 5.09. The summed E-state index contributed by atoms with van der Waals surface area (Å²) in [6, 6.07) is 0.183. The van der Waals surface area contributed by atoms with Crippen LogP contribution in [0.3, 0.4) is 0 Å². The molecule has 0 bridgehead atoms. The molecular weight excluding hydrogens is 164 g/mol. The van der Waals surface area contributed by atoms with Crippen molar-refractivity contribution >= 4 is 0 Å². The van der Waals surface area contributed by atoms with Gasteiger partial charge in [-0.2, -0.15) is 0 Å². The summed E-state index contributed by atoms with van der Waals surface area (Å²) in [6.45, 7) is 7.46. The highest BCUT2D eigenvalue weighted by Crippen LogP contribution is 2.09. The third-order valence-electron chi connectivity index (χ3n) is 2.49. The van der Waals surface area contributed by atoms with Crippen LogP contribution in [0, 0.1) is 5.92 Å². The molecule has 3 heteroatoms. The molecule has 0 amide bonds. The maximum absolute atomic E-state index is 9.19. The number of nitrogens with zero attached hydrogens (tertiary/aromatic N) is 1. The van der Waals surface area contributed by atoms with Gasteiger partial charge in [-0.05, 0) is 25.9 Å². The van der Waals surface area contributed by atoms with E-state index in [9.17, 15) is 5.11 Å². The lowest BCUT2D eigenvalue weighted by Gasteiger charge is -2.31. The molecule has 0 radical (unpaired) electrons. The number of aliphatic hydroxyl groups excluding tert-OH is 1. The predicted molar refractivity (Wildman–Crippen MR) is 56.6 cm³/mol. The average molecular weight is 188 g/mol. The van der Waals surface area contributed by atoms with Crippen LogP contribution in [0.2, 0.25) is 0 Å². The van der Waals surface area contributed by atoms with Gasteiger partial charge < -0.3 is 10.8 Å². The second-order valence-corrected chi connectivity index (χ2v) is 4.12. The van der Waals surface area contributed by atoms with E-state index < -0.39 is 0 Å². The van der Waals surface area contributed by atoms with Gasteiger partial charge in [0, 0.05) is 12.1 Å². The first-order valence-electron chi connectivity index (χ1n) is 5.09. The van der Waals surface area contributed by atoms with E-state index in [1.54, 1.807) is 0 Å². The Hall–Kier alpha value is -0.120. The van der Waals surface area contributed by atoms with Crippen LogP contribution in [0.4, 0.5) is 0 Å². The highest BCUT2D eigenvalue weighted by molar-refractivity contribution is 4.80. The van der Waals surface area contributed by atoms with Crippen LogP contribution in [0.5, 0.6) is 0 Å². The number of rotatable bonds is 6. The minimum absolute atomic E-state index is 0.0787. The quantitative estimate of drug-likeness (QED) is 0.644. The molecule has 2 unspecified atom stereocenters. The smallest absolute Gasteiger partial charge is 0.0601 e. The monoisotopic (exact) mass is 188 g/mol. The van der Waals surface area contributed by atoms with Crippen molar-refractivity contribution in [1.82, 2.24) is 4.90 Å². The lowest BCUT2D eigenvalue weighted by Crippen LogP contribution is -2.48. The fourth-order valence-electron chi connectivity index (χ4n) is 1.54. The van der Waals surface area contributed by atoms with Gasteiger partial charge in [0.2, 0.25) is 0 Å². The molecule has 0 aromatic carbocycles. The summed E-state index contributed by atoms with van der Waals surface area (Å²) in [7, 11) is 2.00. The van der Waals surface area contributed by atoms with Crippen molar-refractivity contribution in [1.29, 1.82) is 0 Å². The first kappa shape index (κ1) is 12.9. The lowest BCUT2D eigenvalue weighted by atomic mass is 9.98. The van der Waals surface area contributed by atoms with Crippen LogP contribution in [0.1, 0.15) is 27.2 Å². The molecule has 0 heterocycles. The molecule has 0 fully saturated rings. The van der Waals surface area contributed by atoms with Gasteiger partial charge in [0.05, 0.1) is 6.61 Å². The number of likely N-dealkylation sites (N-methyl/N-ethyl adjacent to an activating group) is 1. The van der Waals surface area contributed by atoms with Gasteiger partial charge in [0.15, 0.2) is 0 Å². The molecule has 3 N–H and O–H groups in total. The zero-order chi connectivity index (χ0) is 10.4. The van der Waals surface area contributed by atoms with E-state index in [0.29, 0.717) is 5.92 Å². The normalized spacial score (nSPS) is 16.6. The summed E-state index contributed by atoms with van der Waals surface area (Å²) in [5, 5.41) is 9.19. The molecular formula is C10H24N2O. The molecule has 0 aliphatic carbocycles. The van der Waals surface area contributed by atoms with Gasteiger partial charge in [0.1, 0.15) is 0 Å². The van der Waals surface area contributed by atoms with E-state index in [4.69, 9.17) is 5.73 Å². The van der Waals surface area contributed by atoms with Gasteiger partial charge in [0.25, 0.3) is 0 Å². The molecule has 0 saturated carbocycles.